The van der Waals surface area contributed by atoms with Gasteiger partial charge < -0.3 is 19.4 Å². The number of halogens is 1. The highest BCUT2D eigenvalue weighted by molar-refractivity contribution is 7.99. The van der Waals surface area contributed by atoms with Crippen LogP contribution in [-0.4, -0.2) is 33.0 Å². The highest BCUT2D eigenvalue weighted by Gasteiger charge is 2.18. The van der Waals surface area contributed by atoms with E-state index in [2.05, 4.69) is 15.5 Å². The molecule has 0 aliphatic carbocycles. The van der Waals surface area contributed by atoms with Crippen molar-refractivity contribution in [3.63, 3.8) is 0 Å². The molecule has 7 nitrogen and oxygen atoms in total. The van der Waals surface area contributed by atoms with Gasteiger partial charge in [0.25, 0.3) is 0 Å². The molecule has 1 amide bonds. The Morgan fingerprint density at radius 1 is 1.13 bits per heavy atom. The van der Waals surface area contributed by atoms with Crippen molar-refractivity contribution < 1.29 is 18.7 Å². The second-order valence-corrected chi connectivity index (χ2v) is 7.35. The molecule has 1 aromatic heterocycles. The zero-order valence-corrected chi connectivity index (χ0v) is 17.8. The van der Waals surface area contributed by atoms with E-state index in [0.717, 1.165) is 5.75 Å². The Morgan fingerprint density at radius 3 is 2.47 bits per heavy atom. The molecule has 3 aromatic rings. The van der Waals surface area contributed by atoms with Gasteiger partial charge in [-0.25, -0.2) is 4.39 Å². The van der Waals surface area contributed by atoms with Crippen molar-refractivity contribution >= 4 is 23.4 Å². The molecule has 1 atom stereocenters. The predicted molar refractivity (Wildman–Crippen MR) is 113 cm³/mol. The molecule has 0 bridgehead atoms. The van der Waals surface area contributed by atoms with Crippen LogP contribution in [0.1, 0.15) is 25.8 Å². The molecule has 0 saturated carbocycles. The number of thioether (sulfide) groups is 1. The molecule has 158 valence electrons. The van der Waals surface area contributed by atoms with Crippen LogP contribution < -0.4 is 14.8 Å². The second kappa shape index (κ2) is 10.1. The number of rotatable bonds is 9. The molecular weight excluding hydrogens is 407 g/mol. The number of aromatic nitrogens is 3. The van der Waals surface area contributed by atoms with Crippen LogP contribution in [0.5, 0.6) is 11.5 Å². The normalized spacial score (nSPS) is 11.7. The first-order chi connectivity index (χ1) is 14.5. The summed E-state index contributed by atoms with van der Waals surface area (Å²) in [5, 5.41) is 11.7. The molecule has 0 aliphatic heterocycles. The zero-order chi connectivity index (χ0) is 21.5. The fraction of sp³-hybridized carbons (Fsp3) is 0.286. The summed E-state index contributed by atoms with van der Waals surface area (Å²) in [5.74, 6) is 1.62. The Bertz CT molecular complexity index is 977. The Balaban J connectivity index is 1.54. The van der Waals surface area contributed by atoms with Crippen molar-refractivity contribution in [3.05, 3.63) is 60.2 Å². The molecule has 30 heavy (non-hydrogen) atoms. The molecule has 1 heterocycles. The first kappa shape index (κ1) is 21.6. The smallest absolute Gasteiger partial charge is 0.234 e. The number of anilines is 1. The SMILES string of the molecule is CCOc1ccc(NC(=O)CSc2nnc(C(C)Oc3ccc(F)cc3)n2C)cc1. The van der Waals surface area contributed by atoms with Crippen LogP contribution in [0.15, 0.2) is 53.7 Å². The van der Waals surface area contributed by atoms with Crippen LogP contribution in [0, 0.1) is 5.82 Å². The maximum Gasteiger partial charge on any atom is 0.234 e. The summed E-state index contributed by atoms with van der Waals surface area (Å²) in [6.45, 7) is 4.34. The van der Waals surface area contributed by atoms with Crippen LogP contribution in [0.2, 0.25) is 0 Å². The number of hydrogen-bond donors (Lipinski definition) is 1. The van der Waals surface area contributed by atoms with Crippen molar-refractivity contribution in [2.24, 2.45) is 7.05 Å². The van der Waals surface area contributed by atoms with E-state index in [1.165, 1.54) is 23.9 Å². The van der Waals surface area contributed by atoms with Gasteiger partial charge in [0, 0.05) is 12.7 Å². The van der Waals surface area contributed by atoms with Crippen LogP contribution in [0.25, 0.3) is 0 Å². The van der Waals surface area contributed by atoms with Crippen LogP contribution in [-0.2, 0) is 11.8 Å². The average molecular weight is 431 g/mol. The van der Waals surface area contributed by atoms with Crippen LogP contribution in [0.4, 0.5) is 10.1 Å². The molecule has 0 saturated heterocycles. The van der Waals surface area contributed by atoms with E-state index in [0.29, 0.717) is 29.0 Å². The topological polar surface area (TPSA) is 78.3 Å². The molecule has 0 fully saturated rings. The summed E-state index contributed by atoms with van der Waals surface area (Å²) in [5.41, 5.74) is 0.698. The number of amides is 1. The lowest BCUT2D eigenvalue weighted by Crippen LogP contribution is -2.14. The molecule has 0 aliphatic rings. The lowest BCUT2D eigenvalue weighted by Gasteiger charge is -2.14. The first-order valence-electron chi connectivity index (χ1n) is 9.43. The minimum absolute atomic E-state index is 0.149. The Morgan fingerprint density at radius 2 is 1.80 bits per heavy atom. The minimum atomic E-state index is -0.389. The van der Waals surface area contributed by atoms with E-state index in [9.17, 15) is 9.18 Å². The summed E-state index contributed by atoms with van der Waals surface area (Å²) in [4.78, 5) is 12.2. The summed E-state index contributed by atoms with van der Waals surface area (Å²) < 4.78 is 26.0. The molecule has 2 aromatic carbocycles. The van der Waals surface area contributed by atoms with E-state index in [1.807, 2.05) is 33.0 Å². The van der Waals surface area contributed by atoms with Gasteiger partial charge in [0.15, 0.2) is 17.1 Å². The van der Waals surface area contributed by atoms with Gasteiger partial charge in [-0.3, -0.25) is 4.79 Å². The number of carbonyl (C=O) groups is 1. The average Bonchev–Trinajstić information content (AvgIpc) is 3.10. The molecule has 0 radical (unpaired) electrons. The Kier molecular flexibility index (Phi) is 7.29. The van der Waals surface area contributed by atoms with E-state index < -0.39 is 0 Å². The maximum atomic E-state index is 13.0. The number of nitrogens with one attached hydrogen (secondary N) is 1. The summed E-state index contributed by atoms with van der Waals surface area (Å²) in [7, 11) is 1.81. The first-order valence-corrected chi connectivity index (χ1v) is 10.4. The van der Waals surface area contributed by atoms with Crippen LogP contribution in [0.3, 0.4) is 0 Å². The number of hydrogen-bond acceptors (Lipinski definition) is 6. The molecule has 0 spiro atoms. The van der Waals surface area contributed by atoms with Crippen molar-refractivity contribution in [1.29, 1.82) is 0 Å². The predicted octanol–water partition coefficient (Wildman–Crippen LogP) is 4.22. The summed E-state index contributed by atoms with van der Waals surface area (Å²) in [6.07, 6.45) is -0.389. The monoisotopic (exact) mass is 430 g/mol. The van der Waals surface area contributed by atoms with E-state index in [-0.39, 0.29) is 23.6 Å². The van der Waals surface area contributed by atoms with Crippen molar-refractivity contribution in [3.8, 4) is 11.5 Å². The zero-order valence-electron chi connectivity index (χ0n) is 17.0. The van der Waals surface area contributed by atoms with Crippen molar-refractivity contribution in [2.45, 2.75) is 25.1 Å². The Hall–Kier alpha value is -3.07. The van der Waals surface area contributed by atoms with Gasteiger partial charge in [-0.1, -0.05) is 11.8 Å². The van der Waals surface area contributed by atoms with Gasteiger partial charge in [0.2, 0.25) is 5.91 Å². The number of nitrogens with zero attached hydrogens (tertiary/aromatic N) is 3. The number of carbonyl (C=O) groups excluding carboxylic acids is 1. The van der Waals surface area contributed by atoms with E-state index in [4.69, 9.17) is 9.47 Å². The van der Waals surface area contributed by atoms with Gasteiger partial charge in [-0.2, -0.15) is 0 Å². The fourth-order valence-corrected chi connectivity index (χ4v) is 3.42. The third-order valence-corrected chi connectivity index (χ3v) is 5.16. The van der Waals surface area contributed by atoms with Gasteiger partial charge in [-0.15, -0.1) is 10.2 Å². The summed E-state index contributed by atoms with van der Waals surface area (Å²) in [6, 6.07) is 13.0. The fourth-order valence-electron chi connectivity index (χ4n) is 2.70. The van der Waals surface area contributed by atoms with Gasteiger partial charge in [-0.05, 0) is 62.4 Å². The molecule has 1 N–H and O–H groups in total. The van der Waals surface area contributed by atoms with Crippen molar-refractivity contribution in [1.82, 2.24) is 14.8 Å². The third-order valence-electron chi connectivity index (χ3n) is 4.14. The quantitative estimate of drug-likeness (QED) is 0.512. The standard InChI is InChI=1S/C21H23FN4O3S/c1-4-28-17-11-7-16(8-12-17)23-19(27)13-30-21-25-24-20(26(21)3)14(2)29-18-9-5-15(22)6-10-18/h5-12,14H,4,13H2,1-3H3,(H,23,27). The Labute approximate surface area is 178 Å². The molecular formula is C21H23FN4O3S. The van der Waals surface area contributed by atoms with Crippen molar-refractivity contribution in [2.75, 3.05) is 17.7 Å². The number of benzene rings is 2. The largest absolute Gasteiger partial charge is 0.494 e. The van der Waals surface area contributed by atoms with E-state index in [1.54, 1.807) is 28.8 Å². The lowest BCUT2D eigenvalue weighted by molar-refractivity contribution is -0.113. The lowest BCUT2D eigenvalue weighted by atomic mass is 10.3. The highest BCUT2D eigenvalue weighted by atomic mass is 32.2. The second-order valence-electron chi connectivity index (χ2n) is 6.41. The van der Waals surface area contributed by atoms with E-state index >= 15 is 0 Å². The van der Waals surface area contributed by atoms with Gasteiger partial charge in [0.05, 0.1) is 12.4 Å². The molecule has 1 unspecified atom stereocenters. The third kappa shape index (κ3) is 5.73. The summed E-state index contributed by atoms with van der Waals surface area (Å²) >= 11 is 1.28. The van der Waals surface area contributed by atoms with Gasteiger partial charge in [0.1, 0.15) is 17.3 Å². The maximum absolute atomic E-state index is 13.0. The highest BCUT2D eigenvalue weighted by Crippen LogP contribution is 2.24. The van der Waals surface area contributed by atoms with Crippen LogP contribution >= 0.6 is 11.8 Å². The number of ether oxygens (including phenoxy) is 2. The van der Waals surface area contributed by atoms with Gasteiger partial charge >= 0.3 is 0 Å². The minimum Gasteiger partial charge on any atom is -0.494 e. The molecule has 3 rings (SSSR count). The molecule has 9 heteroatoms.